The Bertz CT molecular complexity index is 407. The van der Waals surface area contributed by atoms with Crippen molar-refractivity contribution in [1.29, 1.82) is 0 Å². The summed E-state index contributed by atoms with van der Waals surface area (Å²) in [6.07, 6.45) is 1.73. The van der Waals surface area contributed by atoms with Crippen LogP contribution in [0.1, 0.15) is 45.0 Å². The zero-order valence-corrected chi connectivity index (χ0v) is 11.6. The Morgan fingerprint density at radius 1 is 1.41 bits per heavy atom. The molecule has 0 bridgehead atoms. The third kappa shape index (κ3) is 3.05. The molecular formula is C14H22N2O. The number of anilines is 1. The van der Waals surface area contributed by atoms with Crippen LogP contribution < -0.4 is 4.90 Å². The van der Waals surface area contributed by atoms with Crippen LogP contribution in [0.4, 0.5) is 5.82 Å². The van der Waals surface area contributed by atoms with E-state index >= 15 is 0 Å². The Morgan fingerprint density at radius 2 is 2.00 bits per heavy atom. The highest BCUT2D eigenvalue weighted by molar-refractivity contribution is 5.98. The highest BCUT2D eigenvalue weighted by Crippen LogP contribution is 2.28. The lowest BCUT2D eigenvalue weighted by molar-refractivity contribution is 0.101. The molecule has 1 aromatic rings. The van der Waals surface area contributed by atoms with E-state index in [0.717, 1.165) is 5.82 Å². The standard InChI is InChI=1S/C14H22N2O/c1-10(17)12-8-7-9-15-13(12)16(6)11(2)14(3,4)5/h7-9,11H,1-6H3. The quantitative estimate of drug-likeness (QED) is 0.753. The number of hydrogen-bond donors (Lipinski definition) is 0. The van der Waals surface area contributed by atoms with Gasteiger partial charge in [-0.05, 0) is 31.4 Å². The lowest BCUT2D eigenvalue weighted by atomic mass is 9.87. The highest BCUT2D eigenvalue weighted by Gasteiger charge is 2.26. The van der Waals surface area contributed by atoms with E-state index in [-0.39, 0.29) is 11.2 Å². The Morgan fingerprint density at radius 3 is 2.47 bits per heavy atom. The number of ketones is 1. The topological polar surface area (TPSA) is 33.2 Å². The van der Waals surface area contributed by atoms with Gasteiger partial charge < -0.3 is 4.90 Å². The molecule has 94 valence electrons. The van der Waals surface area contributed by atoms with E-state index in [2.05, 4.69) is 37.6 Å². The number of carbonyl (C=O) groups is 1. The summed E-state index contributed by atoms with van der Waals surface area (Å²) in [6, 6.07) is 3.93. The summed E-state index contributed by atoms with van der Waals surface area (Å²) in [5, 5.41) is 0. The first-order chi connectivity index (χ1) is 7.75. The van der Waals surface area contributed by atoms with E-state index in [1.165, 1.54) is 0 Å². The van der Waals surface area contributed by atoms with Crippen molar-refractivity contribution in [2.45, 2.75) is 40.7 Å². The second kappa shape index (κ2) is 4.86. The third-order valence-corrected chi connectivity index (χ3v) is 3.33. The molecule has 0 aliphatic rings. The van der Waals surface area contributed by atoms with Crippen LogP contribution in [0, 0.1) is 5.41 Å². The third-order valence-electron chi connectivity index (χ3n) is 3.33. The predicted octanol–water partition coefficient (Wildman–Crippen LogP) is 3.16. The summed E-state index contributed by atoms with van der Waals surface area (Å²) in [6.45, 7) is 10.3. The summed E-state index contributed by atoms with van der Waals surface area (Å²) in [7, 11) is 1.99. The molecule has 0 N–H and O–H groups in total. The number of carbonyl (C=O) groups excluding carboxylic acids is 1. The van der Waals surface area contributed by atoms with Crippen LogP contribution in [0.25, 0.3) is 0 Å². The Balaban J connectivity index is 3.12. The maximum absolute atomic E-state index is 11.6. The smallest absolute Gasteiger partial charge is 0.163 e. The van der Waals surface area contributed by atoms with E-state index in [1.807, 2.05) is 13.1 Å². The number of nitrogens with zero attached hydrogens (tertiary/aromatic N) is 2. The molecule has 0 aliphatic carbocycles. The molecule has 17 heavy (non-hydrogen) atoms. The average Bonchev–Trinajstić information content (AvgIpc) is 2.25. The minimum atomic E-state index is 0.0565. The van der Waals surface area contributed by atoms with Crippen molar-refractivity contribution in [2.75, 3.05) is 11.9 Å². The molecule has 0 amide bonds. The number of Topliss-reactive ketones (excluding diaryl/α,β-unsaturated/α-hetero) is 1. The first-order valence-electron chi connectivity index (χ1n) is 5.94. The van der Waals surface area contributed by atoms with Crippen LogP contribution in [0.2, 0.25) is 0 Å². The van der Waals surface area contributed by atoms with Crippen LogP contribution in [-0.2, 0) is 0 Å². The van der Waals surface area contributed by atoms with E-state index in [9.17, 15) is 4.79 Å². The Kier molecular flexibility index (Phi) is 3.91. The molecular weight excluding hydrogens is 212 g/mol. The minimum absolute atomic E-state index is 0.0565. The average molecular weight is 234 g/mol. The first kappa shape index (κ1) is 13.7. The van der Waals surface area contributed by atoms with Gasteiger partial charge >= 0.3 is 0 Å². The lowest BCUT2D eigenvalue weighted by Gasteiger charge is -2.36. The minimum Gasteiger partial charge on any atom is -0.356 e. The van der Waals surface area contributed by atoms with E-state index < -0.39 is 0 Å². The fourth-order valence-electron chi connectivity index (χ4n) is 1.72. The Hall–Kier alpha value is -1.38. The van der Waals surface area contributed by atoms with Crippen LogP contribution in [-0.4, -0.2) is 23.9 Å². The summed E-state index contributed by atoms with van der Waals surface area (Å²) in [5.41, 5.74) is 0.825. The number of hydrogen-bond acceptors (Lipinski definition) is 3. The second-order valence-corrected chi connectivity index (χ2v) is 5.58. The van der Waals surface area contributed by atoms with Crippen molar-refractivity contribution < 1.29 is 4.79 Å². The van der Waals surface area contributed by atoms with Gasteiger partial charge in [0.25, 0.3) is 0 Å². The van der Waals surface area contributed by atoms with E-state index in [0.29, 0.717) is 11.6 Å². The largest absolute Gasteiger partial charge is 0.356 e. The number of rotatable bonds is 3. The fraction of sp³-hybridized carbons (Fsp3) is 0.571. The molecule has 0 aliphatic heterocycles. The molecule has 0 saturated carbocycles. The monoisotopic (exact) mass is 234 g/mol. The van der Waals surface area contributed by atoms with Crippen LogP contribution in [0.5, 0.6) is 0 Å². The molecule has 3 nitrogen and oxygen atoms in total. The van der Waals surface area contributed by atoms with E-state index in [4.69, 9.17) is 0 Å². The van der Waals surface area contributed by atoms with Gasteiger partial charge in [0.05, 0.1) is 5.56 Å². The van der Waals surface area contributed by atoms with Gasteiger partial charge in [-0.15, -0.1) is 0 Å². The summed E-state index contributed by atoms with van der Waals surface area (Å²) >= 11 is 0. The van der Waals surface area contributed by atoms with Crippen molar-refractivity contribution >= 4 is 11.6 Å². The second-order valence-electron chi connectivity index (χ2n) is 5.58. The molecule has 1 aromatic heterocycles. The molecule has 0 spiro atoms. The molecule has 1 unspecified atom stereocenters. The van der Waals surface area contributed by atoms with Gasteiger partial charge in [0.2, 0.25) is 0 Å². The molecule has 1 atom stereocenters. The molecule has 1 heterocycles. The van der Waals surface area contributed by atoms with Crippen molar-refractivity contribution in [1.82, 2.24) is 4.98 Å². The molecule has 3 heteroatoms. The SMILES string of the molecule is CC(=O)c1cccnc1N(C)C(C)C(C)(C)C. The van der Waals surface area contributed by atoms with Gasteiger partial charge in [0.1, 0.15) is 5.82 Å². The van der Waals surface area contributed by atoms with Gasteiger partial charge in [-0.25, -0.2) is 4.98 Å². The highest BCUT2D eigenvalue weighted by atomic mass is 16.1. The van der Waals surface area contributed by atoms with Gasteiger partial charge in [0, 0.05) is 19.3 Å². The molecule has 1 rings (SSSR count). The number of pyridine rings is 1. The summed E-state index contributed by atoms with van der Waals surface area (Å²) in [5.74, 6) is 0.823. The summed E-state index contributed by atoms with van der Waals surface area (Å²) in [4.78, 5) is 18.0. The van der Waals surface area contributed by atoms with Crippen molar-refractivity contribution in [3.05, 3.63) is 23.9 Å². The first-order valence-corrected chi connectivity index (χ1v) is 5.94. The van der Waals surface area contributed by atoms with Gasteiger partial charge in [-0.2, -0.15) is 0 Å². The van der Waals surface area contributed by atoms with Crippen molar-refractivity contribution in [3.63, 3.8) is 0 Å². The van der Waals surface area contributed by atoms with Crippen molar-refractivity contribution in [3.8, 4) is 0 Å². The maximum atomic E-state index is 11.6. The zero-order valence-electron chi connectivity index (χ0n) is 11.6. The van der Waals surface area contributed by atoms with E-state index in [1.54, 1.807) is 19.2 Å². The van der Waals surface area contributed by atoms with Crippen LogP contribution >= 0.6 is 0 Å². The van der Waals surface area contributed by atoms with Crippen LogP contribution in [0.15, 0.2) is 18.3 Å². The van der Waals surface area contributed by atoms with Gasteiger partial charge in [0.15, 0.2) is 5.78 Å². The molecule has 0 fully saturated rings. The molecule has 0 saturated heterocycles. The molecule has 0 aromatic carbocycles. The zero-order chi connectivity index (χ0) is 13.2. The van der Waals surface area contributed by atoms with Crippen molar-refractivity contribution in [2.24, 2.45) is 5.41 Å². The van der Waals surface area contributed by atoms with Crippen LogP contribution in [0.3, 0.4) is 0 Å². The normalized spacial score (nSPS) is 13.3. The summed E-state index contributed by atoms with van der Waals surface area (Å²) < 4.78 is 0. The Labute approximate surface area is 104 Å². The van der Waals surface area contributed by atoms with Gasteiger partial charge in [-0.3, -0.25) is 4.79 Å². The number of aromatic nitrogens is 1. The lowest BCUT2D eigenvalue weighted by Crippen LogP contribution is -2.40. The fourth-order valence-corrected chi connectivity index (χ4v) is 1.72. The maximum Gasteiger partial charge on any atom is 0.163 e. The predicted molar refractivity (Wildman–Crippen MR) is 71.6 cm³/mol. The van der Waals surface area contributed by atoms with Gasteiger partial charge in [-0.1, -0.05) is 20.8 Å². The molecule has 0 radical (unpaired) electrons.